The quantitative estimate of drug-likeness (QED) is 0.820. The molecule has 0 aliphatic heterocycles. The number of benzene rings is 1. The molecule has 0 saturated heterocycles. The number of hydrogen-bond donors (Lipinski definition) is 2. The second-order valence-corrected chi connectivity index (χ2v) is 5.50. The number of carboxylic acids is 1. The molecule has 2 N–H and O–H groups in total. The molecule has 0 radical (unpaired) electrons. The molecular formula is C13H12Cl2O4. The molecule has 0 amide bonds. The molecule has 0 spiro atoms. The van der Waals surface area contributed by atoms with Crippen LogP contribution >= 0.6 is 23.2 Å². The van der Waals surface area contributed by atoms with Crippen molar-refractivity contribution in [1.29, 1.82) is 0 Å². The van der Waals surface area contributed by atoms with Crippen LogP contribution in [-0.2, 0) is 4.79 Å². The molecule has 6 heteroatoms. The van der Waals surface area contributed by atoms with E-state index in [-0.39, 0.29) is 30.3 Å². The van der Waals surface area contributed by atoms with Crippen LogP contribution in [-0.4, -0.2) is 28.6 Å². The van der Waals surface area contributed by atoms with E-state index in [1.54, 1.807) is 0 Å². The molecule has 2 atom stereocenters. The number of aliphatic hydroxyl groups excluding tert-OH is 1. The second-order valence-electron chi connectivity index (χ2n) is 4.68. The van der Waals surface area contributed by atoms with Gasteiger partial charge < -0.3 is 10.2 Å². The summed E-state index contributed by atoms with van der Waals surface area (Å²) in [6.45, 7) is -0.253. The summed E-state index contributed by atoms with van der Waals surface area (Å²) in [6.07, 6.45) is 0.335. The van der Waals surface area contributed by atoms with Gasteiger partial charge in [-0.2, -0.15) is 0 Å². The Hall–Kier alpha value is -1.10. The summed E-state index contributed by atoms with van der Waals surface area (Å²) in [6, 6.07) is 4.48. The van der Waals surface area contributed by atoms with Crippen LogP contribution < -0.4 is 0 Å². The van der Waals surface area contributed by atoms with Gasteiger partial charge in [-0.3, -0.25) is 9.59 Å². The highest BCUT2D eigenvalue weighted by molar-refractivity contribution is 6.42. The van der Waals surface area contributed by atoms with Crippen molar-refractivity contribution in [1.82, 2.24) is 0 Å². The fraction of sp³-hybridized carbons (Fsp3) is 0.385. The van der Waals surface area contributed by atoms with E-state index in [1.807, 2.05) is 0 Å². The zero-order chi connectivity index (χ0) is 14.2. The number of carboxylic acid groups (broad SMARTS) is 1. The summed E-state index contributed by atoms with van der Waals surface area (Å²) < 4.78 is 0. The zero-order valence-corrected chi connectivity index (χ0v) is 11.4. The van der Waals surface area contributed by atoms with Crippen molar-refractivity contribution in [3.05, 3.63) is 33.8 Å². The van der Waals surface area contributed by atoms with Gasteiger partial charge in [0.25, 0.3) is 0 Å². The van der Waals surface area contributed by atoms with Gasteiger partial charge in [-0.05, 0) is 31.0 Å². The van der Waals surface area contributed by atoms with E-state index in [2.05, 4.69) is 0 Å². The third-order valence-electron chi connectivity index (χ3n) is 3.58. The first kappa shape index (κ1) is 14.3. The van der Waals surface area contributed by atoms with Gasteiger partial charge >= 0.3 is 5.97 Å². The SMILES string of the molecule is O=C(c1ccc(Cl)c(Cl)c1)[C@H]1C[C@@]1(CCO)C(=O)O. The molecule has 4 nitrogen and oxygen atoms in total. The summed E-state index contributed by atoms with van der Waals surface area (Å²) in [4.78, 5) is 23.4. The highest BCUT2D eigenvalue weighted by atomic mass is 35.5. The molecule has 1 aliphatic carbocycles. The first-order chi connectivity index (χ1) is 8.92. The molecule has 1 aliphatic rings. The number of ketones is 1. The number of carbonyl (C=O) groups excluding carboxylic acids is 1. The van der Waals surface area contributed by atoms with Crippen molar-refractivity contribution in [3.8, 4) is 0 Å². The molecule has 0 unspecified atom stereocenters. The fourth-order valence-electron chi connectivity index (χ4n) is 2.32. The van der Waals surface area contributed by atoms with Gasteiger partial charge in [-0.15, -0.1) is 0 Å². The lowest BCUT2D eigenvalue weighted by Crippen LogP contribution is -2.22. The Morgan fingerprint density at radius 1 is 1.32 bits per heavy atom. The van der Waals surface area contributed by atoms with Crippen molar-refractivity contribution >= 4 is 35.0 Å². The summed E-state index contributed by atoms with van der Waals surface area (Å²) >= 11 is 11.6. The Morgan fingerprint density at radius 3 is 2.53 bits per heavy atom. The van der Waals surface area contributed by atoms with E-state index < -0.39 is 17.3 Å². The van der Waals surface area contributed by atoms with E-state index in [9.17, 15) is 14.7 Å². The van der Waals surface area contributed by atoms with Crippen LogP contribution in [0.25, 0.3) is 0 Å². The molecule has 1 fully saturated rings. The Kier molecular flexibility index (Phi) is 3.85. The van der Waals surface area contributed by atoms with Crippen molar-refractivity contribution < 1.29 is 19.8 Å². The number of halogens is 2. The lowest BCUT2D eigenvalue weighted by Gasteiger charge is -2.10. The normalized spacial score (nSPS) is 25.1. The minimum absolute atomic E-state index is 0.0834. The van der Waals surface area contributed by atoms with Gasteiger partial charge in [0.2, 0.25) is 0 Å². The van der Waals surface area contributed by atoms with Gasteiger partial charge in [-0.25, -0.2) is 0 Å². The number of carbonyl (C=O) groups is 2. The number of Topliss-reactive ketones (excluding diaryl/α,β-unsaturated/α-hetero) is 1. The lowest BCUT2D eigenvalue weighted by atomic mass is 9.95. The molecule has 1 aromatic carbocycles. The first-order valence-electron chi connectivity index (χ1n) is 5.76. The molecule has 0 aromatic heterocycles. The number of rotatable bonds is 5. The Bertz CT molecular complexity index is 543. The molecule has 0 heterocycles. The summed E-state index contributed by atoms with van der Waals surface area (Å²) in [5.74, 6) is -1.91. The average molecular weight is 303 g/mol. The van der Waals surface area contributed by atoms with Crippen molar-refractivity contribution in [2.45, 2.75) is 12.8 Å². The third kappa shape index (κ3) is 2.48. The van der Waals surface area contributed by atoms with E-state index in [0.717, 1.165) is 0 Å². The second kappa shape index (κ2) is 5.12. The van der Waals surface area contributed by atoms with Crippen molar-refractivity contribution in [2.24, 2.45) is 11.3 Å². The Balaban J connectivity index is 2.22. The first-order valence-corrected chi connectivity index (χ1v) is 6.51. The van der Waals surface area contributed by atoms with Gasteiger partial charge in [-0.1, -0.05) is 23.2 Å². The average Bonchev–Trinajstić information content (AvgIpc) is 3.08. The van der Waals surface area contributed by atoms with Crippen molar-refractivity contribution in [3.63, 3.8) is 0 Å². The highest BCUT2D eigenvalue weighted by Crippen LogP contribution is 2.56. The lowest BCUT2D eigenvalue weighted by molar-refractivity contribution is -0.144. The smallest absolute Gasteiger partial charge is 0.310 e. The monoisotopic (exact) mass is 302 g/mol. The maximum atomic E-state index is 12.2. The van der Waals surface area contributed by atoms with E-state index in [1.165, 1.54) is 18.2 Å². The van der Waals surface area contributed by atoms with Gasteiger partial charge in [0, 0.05) is 18.1 Å². The Labute approximate surface area is 119 Å². The predicted octanol–water partition coefficient (Wildman–Crippen LogP) is 2.65. The van der Waals surface area contributed by atoms with Crippen LogP contribution in [0.2, 0.25) is 10.0 Å². The third-order valence-corrected chi connectivity index (χ3v) is 4.32. The maximum absolute atomic E-state index is 12.2. The van der Waals surface area contributed by atoms with Gasteiger partial charge in [0.05, 0.1) is 15.5 Å². The molecule has 0 bridgehead atoms. The van der Waals surface area contributed by atoms with Crippen LogP contribution in [0.3, 0.4) is 0 Å². The van der Waals surface area contributed by atoms with Crippen LogP contribution in [0.4, 0.5) is 0 Å². The standard InChI is InChI=1S/C13H12Cl2O4/c14-9-2-1-7(5-10(9)15)11(17)8-6-13(8,3-4-16)12(18)19/h1-2,5,8,16H,3-4,6H2,(H,18,19)/t8-,13-/m1/s1. The fourth-order valence-corrected chi connectivity index (χ4v) is 2.62. The number of aliphatic carboxylic acids is 1. The van der Waals surface area contributed by atoms with Crippen LogP contribution in [0, 0.1) is 11.3 Å². The van der Waals surface area contributed by atoms with Crippen LogP contribution in [0.1, 0.15) is 23.2 Å². The van der Waals surface area contributed by atoms with E-state index in [0.29, 0.717) is 10.6 Å². The molecule has 102 valence electrons. The van der Waals surface area contributed by atoms with E-state index in [4.69, 9.17) is 28.3 Å². The minimum Gasteiger partial charge on any atom is -0.481 e. The zero-order valence-electron chi connectivity index (χ0n) is 9.90. The molecule has 2 rings (SSSR count). The highest BCUT2D eigenvalue weighted by Gasteiger charge is 2.63. The predicted molar refractivity (Wildman–Crippen MR) is 70.7 cm³/mol. The summed E-state index contributed by atoms with van der Waals surface area (Å²) in [5, 5.41) is 18.7. The minimum atomic E-state index is -1.13. The van der Waals surface area contributed by atoms with Crippen LogP contribution in [0.5, 0.6) is 0 Å². The topological polar surface area (TPSA) is 74.6 Å². The largest absolute Gasteiger partial charge is 0.481 e. The number of hydrogen-bond acceptors (Lipinski definition) is 3. The van der Waals surface area contributed by atoms with Gasteiger partial charge in [0.1, 0.15) is 0 Å². The molecule has 1 aromatic rings. The molecule has 19 heavy (non-hydrogen) atoms. The molecular weight excluding hydrogens is 291 g/mol. The Morgan fingerprint density at radius 2 is 2.00 bits per heavy atom. The molecule has 1 saturated carbocycles. The van der Waals surface area contributed by atoms with Crippen molar-refractivity contribution in [2.75, 3.05) is 6.61 Å². The van der Waals surface area contributed by atoms with Gasteiger partial charge in [0.15, 0.2) is 5.78 Å². The summed E-state index contributed by atoms with van der Waals surface area (Å²) in [5.41, 5.74) is -0.779. The summed E-state index contributed by atoms with van der Waals surface area (Å²) in [7, 11) is 0. The van der Waals surface area contributed by atoms with E-state index >= 15 is 0 Å². The van der Waals surface area contributed by atoms with Crippen LogP contribution in [0.15, 0.2) is 18.2 Å². The maximum Gasteiger partial charge on any atom is 0.310 e. The number of aliphatic hydroxyl groups is 1.